The molecule has 0 bridgehead atoms. The van der Waals surface area contributed by atoms with E-state index in [1.807, 2.05) is 6.07 Å². The Morgan fingerprint density at radius 3 is 2.79 bits per heavy atom. The van der Waals surface area contributed by atoms with Gasteiger partial charge in [0.25, 0.3) is 0 Å². The van der Waals surface area contributed by atoms with Crippen LogP contribution in [0.1, 0.15) is 24.8 Å². The van der Waals surface area contributed by atoms with Gasteiger partial charge in [0.1, 0.15) is 0 Å². The Hall–Kier alpha value is -0.960. The molecule has 0 spiro atoms. The Balaban J connectivity index is 1.95. The maximum absolute atomic E-state index is 12.8. The molecule has 1 aromatic rings. The summed E-state index contributed by atoms with van der Waals surface area (Å²) in [7, 11) is 0. The van der Waals surface area contributed by atoms with Crippen LogP contribution in [0.2, 0.25) is 0 Å². The minimum absolute atomic E-state index is 0.375. The highest BCUT2D eigenvalue weighted by Gasteiger charge is 2.10. The number of hydrogen-bond acceptors (Lipinski definition) is 2. The van der Waals surface area contributed by atoms with E-state index in [1.165, 1.54) is 31.5 Å². The summed E-state index contributed by atoms with van der Waals surface area (Å²) in [6.45, 7) is 3.15. The topological polar surface area (TPSA) is 16.1 Å². The lowest BCUT2D eigenvalue weighted by Gasteiger charge is -2.26. The standard InChI is InChI=1S/C11H15FN2/c12-11-8-10(4-5-13-11)9-14-6-2-1-3-7-14/h4-5,8H,1-3,6-7,9H2. The van der Waals surface area contributed by atoms with E-state index in [4.69, 9.17) is 0 Å². The van der Waals surface area contributed by atoms with Crippen LogP contribution in [0.25, 0.3) is 0 Å². The second kappa shape index (κ2) is 4.51. The molecular weight excluding hydrogens is 179 g/mol. The third kappa shape index (κ3) is 2.51. The Bertz CT molecular complexity index is 295. The lowest BCUT2D eigenvalue weighted by Crippen LogP contribution is -2.29. The molecule has 3 heteroatoms. The van der Waals surface area contributed by atoms with Crippen molar-refractivity contribution in [3.8, 4) is 0 Å². The van der Waals surface area contributed by atoms with Gasteiger partial charge >= 0.3 is 0 Å². The van der Waals surface area contributed by atoms with Crippen molar-refractivity contribution in [1.29, 1.82) is 0 Å². The van der Waals surface area contributed by atoms with Crippen LogP contribution in [0, 0.1) is 5.95 Å². The fourth-order valence-corrected chi connectivity index (χ4v) is 1.92. The molecule has 2 heterocycles. The van der Waals surface area contributed by atoms with Crippen molar-refractivity contribution in [1.82, 2.24) is 9.88 Å². The highest BCUT2D eigenvalue weighted by atomic mass is 19.1. The summed E-state index contributed by atoms with van der Waals surface area (Å²) >= 11 is 0. The van der Waals surface area contributed by atoms with Crippen LogP contribution in [-0.4, -0.2) is 23.0 Å². The zero-order valence-corrected chi connectivity index (χ0v) is 8.25. The fourth-order valence-electron chi connectivity index (χ4n) is 1.92. The van der Waals surface area contributed by atoms with Gasteiger partial charge in [-0.2, -0.15) is 4.39 Å². The first kappa shape index (κ1) is 9.59. The Morgan fingerprint density at radius 1 is 1.29 bits per heavy atom. The number of likely N-dealkylation sites (tertiary alicyclic amines) is 1. The fraction of sp³-hybridized carbons (Fsp3) is 0.545. The van der Waals surface area contributed by atoms with E-state index in [1.54, 1.807) is 0 Å². The van der Waals surface area contributed by atoms with Gasteiger partial charge in [-0.1, -0.05) is 6.42 Å². The van der Waals surface area contributed by atoms with E-state index in [0.29, 0.717) is 0 Å². The van der Waals surface area contributed by atoms with Gasteiger partial charge in [0, 0.05) is 12.7 Å². The van der Waals surface area contributed by atoms with Crippen molar-refractivity contribution < 1.29 is 4.39 Å². The summed E-state index contributed by atoms with van der Waals surface area (Å²) in [5.41, 5.74) is 1.03. The maximum Gasteiger partial charge on any atom is 0.213 e. The van der Waals surface area contributed by atoms with E-state index >= 15 is 0 Å². The van der Waals surface area contributed by atoms with Gasteiger partial charge in [-0.3, -0.25) is 4.90 Å². The average molecular weight is 194 g/mol. The zero-order valence-electron chi connectivity index (χ0n) is 8.25. The highest BCUT2D eigenvalue weighted by molar-refractivity contribution is 5.10. The van der Waals surface area contributed by atoms with Crippen molar-refractivity contribution in [3.05, 3.63) is 29.8 Å². The molecule has 0 aromatic carbocycles. The third-order valence-electron chi connectivity index (χ3n) is 2.65. The molecule has 1 saturated heterocycles. The van der Waals surface area contributed by atoms with E-state index < -0.39 is 0 Å². The molecule has 0 saturated carbocycles. The molecule has 2 rings (SSSR count). The summed E-state index contributed by atoms with van der Waals surface area (Å²) in [4.78, 5) is 5.92. The molecule has 1 aromatic heterocycles. The zero-order chi connectivity index (χ0) is 9.80. The number of hydrogen-bond donors (Lipinski definition) is 0. The lowest BCUT2D eigenvalue weighted by atomic mass is 10.1. The van der Waals surface area contributed by atoms with Gasteiger partial charge in [0.15, 0.2) is 0 Å². The second-order valence-electron chi connectivity index (χ2n) is 3.82. The van der Waals surface area contributed by atoms with E-state index in [-0.39, 0.29) is 5.95 Å². The van der Waals surface area contributed by atoms with Gasteiger partial charge in [-0.05, 0) is 43.6 Å². The highest BCUT2D eigenvalue weighted by Crippen LogP contribution is 2.12. The summed E-state index contributed by atoms with van der Waals surface area (Å²) in [6.07, 6.45) is 5.41. The van der Waals surface area contributed by atoms with Crippen LogP contribution in [0.3, 0.4) is 0 Å². The molecule has 76 valence electrons. The van der Waals surface area contributed by atoms with Crippen molar-refractivity contribution in [2.45, 2.75) is 25.8 Å². The largest absolute Gasteiger partial charge is 0.299 e. The summed E-state index contributed by atoms with van der Waals surface area (Å²) in [5, 5.41) is 0. The SMILES string of the molecule is Fc1cc(CN2CCCCC2)ccn1. The molecule has 1 fully saturated rings. The van der Waals surface area contributed by atoms with Crippen molar-refractivity contribution in [2.24, 2.45) is 0 Å². The molecule has 0 amide bonds. The van der Waals surface area contributed by atoms with Gasteiger partial charge in [0.2, 0.25) is 5.95 Å². The second-order valence-corrected chi connectivity index (χ2v) is 3.82. The van der Waals surface area contributed by atoms with Crippen LogP contribution in [0.15, 0.2) is 18.3 Å². The number of rotatable bonds is 2. The normalized spacial score (nSPS) is 18.4. The van der Waals surface area contributed by atoms with Crippen LogP contribution >= 0.6 is 0 Å². The first-order valence-electron chi connectivity index (χ1n) is 5.17. The minimum Gasteiger partial charge on any atom is -0.299 e. The molecular formula is C11H15FN2. The average Bonchev–Trinajstić information content (AvgIpc) is 2.19. The minimum atomic E-state index is -0.375. The Morgan fingerprint density at radius 2 is 2.07 bits per heavy atom. The maximum atomic E-state index is 12.8. The molecule has 0 aliphatic carbocycles. The molecule has 0 N–H and O–H groups in total. The van der Waals surface area contributed by atoms with Crippen LogP contribution in [0.4, 0.5) is 4.39 Å². The van der Waals surface area contributed by atoms with Gasteiger partial charge < -0.3 is 0 Å². The summed E-state index contributed by atoms with van der Waals surface area (Å²) in [5.74, 6) is -0.375. The van der Waals surface area contributed by atoms with E-state index in [9.17, 15) is 4.39 Å². The first-order valence-corrected chi connectivity index (χ1v) is 5.17. The van der Waals surface area contributed by atoms with Crippen molar-refractivity contribution in [2.75, 3.05) is 13.1 Å². The van der Waals surface area contributed by atoms with Crippen LogP contribution < -0.4 is 0 Å². The lowest BCUT2D eigenvalue weighted by molar-refractivity contribution is 0.220. The molecule has 0 unspecified atom stereocenters. The third-order valence-corrected chi connectivity index (χ3v) is 2.65. The Labute approximate surface area is 83.8 Å². The van der Waals surface area contributed by atoms with E-state index in [0.717, 1.165) is 25.2 Å². The molecule has 0 radical (unpaired) electrons. The van der Waals surface area contributed by atoms with Gasteiger partial charge in [0.05, 0.1) is 0 Å². The van der Waals surface area contributed by atoms with Crippen molar-refractivity contribution >= 4 is 0 Å². The van der Waals surface area contributed by atoms with Gasteiger partial charge in [-0.25, -0.2) is 4.98 Å². The summed E-state index contributed by atoms with van der Waals surface area (Å²) < 4.78 is 12.8. The smallest absolute Gasteiger partial charge is 0.213 e. The number of halogens is 1. The summed E-state index contributed by atoms with van der Waals surface area (Å²) in [6, 6.07) is 3.41. The molecule has 0 atom stereocenters. The molecule has 2 nitrogen and oxygen atoms in total. The molecule has 1 aliphatic heterocycles. The van der Waals surface area contributed by atoms with Crippen LogP contribution in [0.5, 0.6) is 0 Å². The molecule has 1 aliphatic rings. The quantitative estimate of drug-likeness (QED) is 0.671. The number of pyridine rings is 1. The number of aromatic nitrogens is 1. The predicted molar refractivity (Wildman–Crippen MR) is 53.3 cm³/mol. The van der Waals surface area contributed by atoms with Crippen molar-refractivity contribution in [3.63, 3.8) is 0 Å². The monoisotopic (exact) mass is 194 g/mol. The Kier molecular flexibility index (Phi) is 3.09. The first-order chi connectivity index (χ1) is 6.84. The van der Waals surface area contributed by atoms with E-state index in [2.05, 4.69) is 9.88 Å². The van der Waals surface area contributed by atoms with Gasteiger partial charge in [-0.15, -0.1) is 0 Å². The number of nitrogens with zero attached hydrogens (tertiary/aromatic N) is 2. The number of piperidine rings is 1. The molecule has 14 heavy (non-hydrogen) atoms. The van der Waals surface area contributed by atoms with Crippen LogP contribution in [-0.2, 0) is 6.54 Å². The predicted octanol–water partition coefficient (Wildman–Crippen LogP) is 2.21.